The number of thiazole rings is 1. The minimum atomic E-state index is -0.198. The van der Waals surface area contributed by atoms with Gasteiger partial charge in [-0.3, -0.25) is 4.79 Å². The fraction of sp³-hybridized carbons (Fsp3) is 0.450. The van der Waals surface area contributed by atoms with E-state index < -0.39 is 0 Å². The third-order valence-corrected chi connectivity index (χ3v) is 5.97. The predicted octanol–water partition coefficient (Wildman–Crippen LogP) is 3.14. The highest BCUT2D eigenvalue weighted by Crippen LogP contribution is 2.41. The monoisotopic (exact) mass is 384 g/mol. The summed E-state index contributed by atoms with van der Waals surface area (Å²) in [6, 6.07) is 7.83. The van der Waals surface area contributed by atoms with Gasteiger partial charge in [0.1, 0.15) is 0 Å². The second-order valence-corrected chi connectivity index (χ2v) is 8.12. The highest BCUT2D eigenvalue weighted by molar-refractivity contribution is 7.09. The summed E-state index contributed by atoms with van der Waals surface area (Å²) in [6.07, 6.45) is 4.08. The van der Waals surface area contributed by atoms with Crippen molar-refractivity contribution in [3.63, 3.8) is 0 Å². The summed E-state index contributed by atoms with van der Waals surface area (Å²) in [5.74, 6) is 0.880. The van der Waals surface area contributed by atoms with Gasteiger partial charge < -0.3 is 15.5 Å². The average molecular weight is 385 g/mol. The minimum absolute atomic E-state index is 0.198. The number of amides is 3. The lowest BCUT2D eigenvalue weighted by molar-refractivity contribution is -0.128. The van der Waals surface area contributed by atoms with Gasteiger partial charge in [0.25, 0.3) is 0 Å². The van der Waals surface area contributed by atoms with Crippen LogP contribution in [-0.2, 0) is 24.4 Å². The van der Waals surface area contributed by atoms with Crippen LogP contribution in [0.5, 0.6) is 0 Å². The second-order valence-electron chi connectivity index (χ2n) is 7.23. The summed E-state index contributed by atoms with van der Waals surface area (Å²) in [6.45, 7) is 2.39. The number of urea groups is 1. The maximum atomic E-state index is 12.0. The Morgan fingerprint density at radius 3 is 2.81 bits per heavy atom. The molecule has 142 valence electrons. The summed E-state index contributed by atoms with van der Waals surface area (Å²) < 4.78 is 0. The lowest BCUT2D eigenvalue weighted by atomic mass is 10.1. The molecule has 1 aromatic heterocycles. The topological polar surface area (TPSA) is 74.3 Å². The molecule has 1 aliphatic carbocycles. The van der Waals surface area contributed by atoms with Gasteiger partial charge in [-0.05, 0) is 30.4 Å². The van der Waals surface area contributed by atoms with Crippen molar-refractivity contribution in [2.24, 2.45) is 0 Å². The van der Waals surface area contributed by atoms with Gasteiger partial charge in [0.15, 0.2) is 0 Å². The van der Waals surface area contributed by atoms with Gasteiger partial charge in [-0.2, -0.15) is 0 Å². The molecule has 0 bridgehead atoms. The number of likely N-dealkylation sites (tertiary alicyclic amines) is 1. The Balaban J connectivity index is 1.23. The summed E-state index contributed by atoms with van der Waals surface area (Å²) in [5.41, 5.74) is 3.05. The van der Waals surface area contributed by atoms with Crippen molar-refractivity contribution in [1.82, 2.24) is 20.5 Å². The molecule has 3 amide bonds. The lowest BCUT2D eigenvalue weighted by Crippen LogP contribution is -2.34. The number of hydrogen-bond donors (Lipinski definition) is 2. The van der Waals surface area contributed by atoms with Crippen LogP contribution in [0.25, 0.3) is 0 Å². The van der Waals surface area contributed by atoms with E-state index in [1.54, 1.807) is 11.3 Å². The Labute approximate surface area is 163 Å². The molecule has 1 aliphatic heterocycles. The number of benzene rings is 1. The van der Waals surface area contributed by atoms with Crippen LogP contribution in [0, 0.1) is 0 Å². The molecule has 2 N–H and O–H groups in total. The number of nitrogens with one attached hydrogen (secondary N) is 2. The van der Waals surface area contributed by atoms with Crippen molar-refractivity contribution >= 4 is 23.3 Å². The highest BCUT2D eigenvalue weighted by Gasteiger charge is 2.26. The van der Waals surface area contributed by atoms with Crippen molar-refractivity contribution < 1.29 is 9.59 Å². The molecule has 7 heteroatoms. The lowest BCUT2D eigenvalue weighted by Gasteiger charge is -2.16. The van der Waals surface area contributed by atoms with E-state index in [4.69, 9.17) is 0 Å². The molecule has 6 nitrogen and oxygen atoms in total. The second kappa shape index (κ2) is 8.08. The first kappa shape index (κ1) is 18.0. The third-order valence-electron chi connectivity index (χ3n) is 4.92. The van der Waals surface area contributed by atoms with Crippen molar-refractivity contribution in [2.75, 3.05) is 6.54 Å². The molecule has 0 unspecified atom stereocenters. The van der Waals surface area contributed by atoms with Crippen molar-refractivity contribution in [3.05, 3.63) is 51.5 Å². The molecule has 0 spiro atoms. The van der Waals surface area contributed by atoms with Gasteiger partial charge in [-0.15, -0.1) is 11.3 Å². The van der Waals surface area contributed by atoms with Crippen LogP contribution in [0.15, 0.2) is 29.6 Å². The van der Waals surface area contributed by atoms with Crippen LogP contribution in [0.3, 0.4) is 0 Å². The van der Waals surface area contributed by atoms with Crippen LogP contribution in [-0.4, -0.2) is 28.4 Å². The van der Waals surface area contributed by atoms with Gasteiger partial charge in [-0.1, -0.05) is 24.3 Å². The first-order valence-electron chi connectivity index (χ1n) is 9.49. The molecule has 4 rings (SSSR count). The molecular weight excluding hydrogens is 360 g/mol. The van der Waals surface area contributed by atoms with Crippen LogP contribution >= 0.6 is 11.3 Å². The molecular formula is C20H24N4O2S. The zero-order valence-corrected chi connectivity index (χ0v) is 16.1. The molecule has 0 radical (unpaired) electrons. The third kappa shape index (κ3) is 4.86. The number of rotatable bonds is 7. The largest absolute Gasteiger partial charge is 0.338 e. The van der Waals surface area contributed by atoms with E-state index in [1.165, 1.54) is 17.8 Å². The quantitative estimate of drug-likeness (QED) is 0.770. The number of hydrogen-bond acceptors (Lipinski definition) is 4. The summed E-state index contributed by atoms with van der Waals surface area (Å²) in [7, 11) is 0. The van der Waals surface area contributed by atoms with E-state index in [-0.39, 0.29) is 11.9 Å². The molecule has 2 aliphatic rings. The first-order valence-corrected chi connectivity index (χ1v) is 10.4. The number of aromatic nitrogens is 1. The van der Waals surface area contributed by atoms with Crippen molar-refractivity contribution in [2.45, 2.75) is 51.2 Å². The minimum Gasteiger partial charge on any atom is -0.338 e. The van der Waals surface area contributed by atoms with Gasteiger partial charge in [0.05, 0.1) is 17.2 Å². The van der Waals surface area contributed by atoms with Crippen molar-refractivity contribution in [3.8, 4) is 0 Å². The summed E-state index contributed by atoms with van der Waals surface area (Å²) in [5, 5.41) is 8.97. The van der Waals surface area contributed by atoms with Crippen LogP contribution in [0.4, 0.5) is 4.79 Å². The molecule has 1 saturated carbocycles. The standard InChI is InChI=1S/C20H24N4O2S/c25-18-5-2-8-24(18)12-15-4-1-3-14(9-15)10-21-20(26)22-11-17-13-27-19(23-17)16-6-7-16/h1,3-4,9,13,16H,2,5-8,10-12H2,(H2,21,22,26). The van der Waals surface area contributed by atoms with Gasteiger partial charge in [-0.25, -0.2) is 9.78 Å². The maximum Gasteiger partial charge on any atom is 0.315 e. The fourth-order valence-corrected chi connectivity index (χ4v) is 4.26. The molecule has 0 atom stereocenters. The Bertz CT molecular complexity index is 831. The number of carbonyl (C=O) groups is 2. The smallest absolute Gasteiger partial charge is 0.315 e. The van der Waals surface area contributed by atoms with E-state index in [0.29, 0.717) is 32.0 Å². The number of carbonyl (C=O) groups excluding carboxylic acids is 2. The maximum absolute atomic E-state index is 12.0. The zero-order valence-electron chi connectivity index (χ0n) is 15.2. The molecule has 1 aromatic carbocycles. The van der Waals surface area contributed by atoms with Gasteiger partial charge >= 0.3 is 6.03 Å². The molecule has 2 fully saturated rings. The molecule has 1 saturated heterocycles. The summed E-state index contributed by atoms with van der Waals surface area (Å²) >= 11 is 1.69. The van der Waals surface area contributed by atoms with E-state index >= 15 is 0 Å². The SMILES string of the molecule is O=C(NCc1cccc(CN2CCCC2=O)c1)NCc1csc(C2CC2)n1. The normalized spacial score (nSPS) is 16.6. The Morgan fingerprint density at radius 1 is 1.22 bits per heavy atom. The summed E-state index contributed by atoms with van der Waals surface area (Å²) in [4.78, 5) is 30.3. The highest BCUT2D eigenvalue weighted by atomic mass is 32.1. The molecule has 2 aromatic rings. The van der Waals surface area contributed by atoms with Gasteiger partial charge in [0.2, 0.25) is 5.91 Å². The van der Waals surface area contributed by atoms with Gasteiger partial charge in [0, 0.05) is 37.4 Å². The Morgan fingerprint density at radius 2 is 2.04 bits per heavy atom. The van der Waals surface area contributed by atoms with Crippen LogP contribution in [0.2, 0.25) is 0 Å². The Kier molecular flexibility index (Phi) is 5.38. The van der Waals surface area contributed by atoms with E-state index in [0.717, 1.165) is 29.8 Å². The first-order chi connectivity index (χ1) is 13.2. The molecule has 27 heavy (non-hydrogen) atoms. The zero-order chi connectivity index (χ0) is 18.6. The Hall–Kier alpha value is -2.41. The van der Waals surface area contributed by atoms with Crippen LogP contribution in [0.1, 0.15) is 53.4 Å². The van der Waals surface area contributed by atoms with E-state index in [2.05, 4.69) is 15.6 Å². The predicted molar refractivity (Wildman–Crippen MR) is 104 cm³/mol. The van der Waals surface area contributed by atoms with E-state index in [9.17, 15) is 9.59 Å². The van der Waals surface area contributed by atoms with Crippen molar-refractivity contribution in [1.29, 1.82) is 0 Å². The number of nitrogens with zero attached hydrogens (tertiary/aromatic N) is 2. The molecule has 2 heterocycles. The average Bonchev–Trinajstić information content (AvgIpc) is 3.29. The fourth-order valence-electron chi connectivity index (χ4n) is 3.27. The van der Waals surface area contributed by atoms with Crippen LogP contribution < -0.4 is 10.6 Å². The van der Waals surface area contributed by atoms with E-state index in [1.807, 2.05) is 34.5 Å².